The molecule has 24 heavy (non-hydrogen) atoms. The van der Waals surface area contributed by atoms with E-state index in [0.717, 1.165) is 29.6 Å². The Morgan fingerprint density at radius 2 is 2.04 bits per heavy atom. The van der Waals surface area contributed by atoms with E-state index in [-0.39, 0.29) is 5.56 Å². The molecule has 5 nitrogen and oxygen atoms in total. The molecule has 122 valence electrons. The molecule has 4 rings (SSSR count). The Labute approximate surface area is 140 Å². The molecule has 0 bridgehead atoms. The number of fused-ring (bicyclic) bond motifs is 1. The summed E-state index contributed by atoms with van der Waals surface area (Å²) in [5.41, 5.74) is 2.94. The van der Waals surface area contributed by atoms with E-state index < -0.39 is 0 Å². The summed E-state index contributed by atoms with van der Waals surface area (Å²) >= 11 is 0. The highest BCUT2D eigenvalue weighted by Gasteiger charge is 2.18. The monoisotopic (exact) mass is 320 g/mol. The van der Waals surface area contributed by atoms with Gasteiger partial charge in [-0.1, -0.05) is 6.92 Å². The molecule has 0 unspecified atom stereocenters. The van der Waals surface area contributed by atoms with Crippen molar-refractivity contribution in [3.05, 3.63) is 53.1 Å². The topological polar surface area (TPSA) is 61.9 Å². The third kappa shape index (κ3) is 2.77. The second-order valence-corrected chi connectivity index (χ2v) is 6.54. The number of aromatic nitrogens is 3. The number of hydrogen-bond donors (Lipinski definition) is 1. The molecule has 1 aliphatic heterocycles. The molecular formula is C19H20N4O. The highest BCUT2D eigenvalue weighted by atomic mass is 16.1. The van der Waals surface area contributed by atoms with Crippen molar-refractivity contribution in [1.29, 1.82) is 0 Å². The van der Waals surface area contributed by atoms with Crippen LogP contribution < -0.4 is 10.5 Å². The molecule has 5 heteroatoms. The molecule has 2 aromatic heterocycles. The van der Waals surface area contributed by atoms with Crippen LogP contribution in [-0.4, -0.2) is 28.0 Å². The Hall–Kier alpha value is -2.69. The third-order valence-corrected chi connectivity index (χ3v) is 4.66. The van der Waals surface area contributed by atoms with Gasteiger partial charge in [0.15, 0.2) is 0 Å². The summed E-state index contributed by atoms with van der Waals surface area (Å²) in [5.74, 6) is 1.29. The maximum atomic E-state index is 11.6. The van der Waals surface area contributed by atoms with Crippen LogP contribution in [0.15, 0.2) is 47.5 Å². The van der Waals surface area contributed by atoms with Crippen LogP contribution in [-0.2, 0) is 0 Å². The Balaban J connectivity index is 1.83. The molecule has 0 aliphatic carbocycles. The number of H-pyrrole nitrogens is 1. The van der Waals surface area contributed by atoms with E-state index in [1.807, 2.05) is 18.3 Å². The molecular weight excluding hydrogens is 300 g/mol. The number of rotatable bonds is 2. The standard InChI is InChI=1S/C19H20N4O/c1-13-3-2-10-23(12-13)17-6-8-20-16-5-4-14(11-15(16)17)19-21-9-7-18(24)22-19/h4-9,11,13H,2-3,10,12H2,1H3,(H,21,22,24)/t13-/m0/s1. The minimum Gasteiger partial charge on any atom is -0.371 e. The number of hydrogen-bond acceptors (Lipinski definition) is 4. The summed E-state index contributed by atoms with van der Waals surface area (Å²) in [7, 11) is 0. The lowest BCUT2D eigenvalue weighted by Gasteiger charge is -2.33. The molecule has 0 saturated carbocycles. The van der Waals surface area contributed by atoms with Gasteiger partial charge in [-0.2, -0.15) is 0 Å². The number of nitrogens with zero attached hydrogens (tertiary/aromatic N) is 3. The van der Waals surface area contributed by atoms with Crippen molar-refractivity contribution in [3.8, 4) is 11.4 Å². The first kappa shape index (κ1) is 14.9. The van der Waals surface area contributed by atoms with Gasteiger partial charge in [0.25, 0.3) is 5.56 Å². The van der Waals surface area contributed by atoms with Crippen molar-refractivity contribution in [2.24, 2.45) is 5.92 Å². The van der Waals surface area contributed by atoms with E-state index in [0.29, 0.717) is 11.7 Å². The number of aromatic amines is 1. The minimum absolute atomic E-state index is 0.142. The average Bonchev–Trinajstić information content (AvgIpc) is 2.61. The molecule has 1 N–H and O–H groups in total. The van der Waals surface area contributed by atoms with Gasteiger partial charge >= 0.3 is 0 Å². The first-order valence-electron chi connectivity index (χ1n) is 8.40. The number of benzene rings is 1. The van der Waals surface area contributed by atoms with Crippen molar-refractivity contribution in [2.75, 3.05) is 18.0 Å². The van der Waals surface area contributed by atoms with E-state index >= 15 is 0 Å². The predicted octanol–water partition coefficient (Wildman–Crippen LogP) is 3.22. The third-order valence-electron chi connectivity index (χ3n) is 4.66. The van der Waals surface area contributed by atoms with Gasteiger partial charge in [0.05, 0.1) is 5.52 Å². The second kappa shape index (κ2) is 6.07. The maximum Gasteiger partial charge on any atom is 0.251 e. The fourth-order valence-corrected chi connectivity index (χ4v) is 3.48. The zero-order valence-electron chi connectivity index (χ0n) is 13.7. The quantitative estimate of drug-likeness (QED) is 0.787. The Morgan fingerprint density at radius 1 is 1.17 bits per heavy atom. The molecule has 1 saturated heterocycles. The van der Waals surface area contributed by atoms with Crippen molar-refractivity contribution < 1.29 is 0 Å². The molecule has 3 heterocycles. The summed E-state index contributed by atoms with van der Waals surface area (Å²) in [6.45, 7) is 4.46. The zero-order chi connectivity index (χ0) is 16.5. The smallest absolute Gasteiger partial charge is 0.251 e. The van der Waals surface area contributed by atoms with Gasteiger partial charge in [0, 0.05) is 48.2 Å². The molecule has 1 aromatic carbocycles. The number of piperidine rings is 1. The predicted molar refractivity (Wildman–Crippen MR) is 96.2 cm³/mol. The summed E-state index contributed by atoms with van der Waals surface area (Å²) in [6.07, 6.45) is 5.92. The largest absolute Gasteiger partial charge is 0.371 e. The Morgan fingerprint density at radius 3 is 2.88 bits per heavy atom. The van der Waals surface area contributed by atoms with Crippen LogP contribution in [0.1, 0.15) is 19.8 Å². The molecule has 3 aromatic rings. The Bertz CT molecular complexity index is 934. The van der Waals surface area contributed by atoms with E-state index in [1.54, 1.807) is 0 Å². The van der Waals surface area contributed by atoms with Crippen molar-refractivity contribution in [2.45, 2.75) is 19.8 Å². The molecule has 0 amide bonds. The molecule has 1 aliphatic rings. The number of pyridine rings is 1. The van der Waals surface area contributed by atoms with E-state index in [4.69, 9.17) is 0 Å². The van der Waals surface area contributed by atoms with Crippen molar-refractivity contribution >= 4 is 16.6 Å². The first-order valence-corrected chi connectivity index (χ1v) is 8.40. The SMILES string of the molecule is C[C@H]1CCCN(c2ccnc3ccc(-c4nccc(=O)[nH]4)cc23)C1. The van der Waals surface area contributed by atoms with Crippen molar-refractivity contribution in [3.63, 3.8) is 0 Å². The van der Waals surface area contributed by atoms with Crippen LogP contribution in [0, 0.1) is 5.92 Å². The second-order valence-electron chi connectivity index (χ2n) is 6.54. The first-order chi connectivity index (χ1) is 11.7. The zero-order valence-corrected chi connectivity index (χ0v) is 13.7. The summed E-state index contributed by atoms with van der Waals surface area (Å²) in [4.78, 5) is 25.6. The summed E-state index contributed by atoms with van der Waals surface area (Å²) < 4.78 is 0. The normalized spacial score (nSPS) is 18.0. The van der Waals surface area contributed by atoms with Crippen LogP contribution >= 0.6 is 0 Å². The lowest BCUT2D eigenvalue weighted by atomic mass is 9.99. The van der Waals surface area contributed by atoms with Gasteiger partial charge in [-0.05, 0) is 43.0 Å². The van der Waals surface area contributed by atoms with Crippen molar-refractivity contribution in [1.82, 2.24) is 15.0 Å². The van der Waals surface area contributed by atoms with Gasteiger partial charge in [0.1, 0.15) is 5.82 Å². The Kier molecular flexibility index (Phi) is 3.76. The fourth-order valence-electron chi connectivity index (χ4n) is 3.48. The molecule has 1 atom stereocenters. The van der Waals surface area contributed by atoms with Crippen LogP contribution in [0.25, 0.3) is 22.3 Å². The van der Waals surface area contributed by atoms with Crippen LogP contribution in [0.2, 0.25) is 0 Å². The molecule has 1 fully saturated rings. The van der Waals surface area contributed by atoms with Crippen LogP contribution in [0.4, 0.5) is 5.69 Å². The van der Waals surface area contributed by atoms with E-state index in [9.17, 15) is 4.79 Å². The van der Waals surface area contributed by atoms with Crippen LogP contribution in [0.5, 0.6) is 0 Å². The van der Waals surface area contributed by atoms with Gasteiger partial charge in [0.2, 0.25) is 0 Å². The highest BCUT2D eigenvalue weighted by molar-refractivity contribution is 5.94. The van der Waals surface area contributed by atoms with Gasteiger partial charge in [-0.15, -0.1) is 0 Å². The summed E-state index contributed by atoms with van der Waals surface area (Å²) in [5, 5.41) is 1.11. The summed E-state index contributed by atoms with van der Waals surface area (Å²) in [6, 6.07) is 9.54. The lowest BCUT2D eigenvalue weighted by Crippen LogP contribution is -2.34. The van der Waals surface area contributed by atoms with Gasteiger partial charge < -0.3 is 9.88 Å². The van der Waals surface area contributed by atoms with Crippen LogP contribution in [0.3, 0.4) is 0 Å². The fraction of sp³-hybridized carbons (Fsp3) is 0.316. The minimum atomic E-state index is -0.142. The average molecular weight is 320 g/mol. The van der Waals surface area contributed by atoms with E-state index in [1.165, 1.54) is 30.8 Å². The lowest BCUT2D eigenvalue weighted by molar-refractivity contribution is 0.447. The highest BCUT2D eigenvalue weighted by Crippen LogP contribution is 2.31. The number of nitrogens with one attached hydrogen (secondary N) is 1. The van der Waals surface area contributed by atoms with Gasteiger partial charge in [-0.25, -0.2) is 4.98 Å². The number of anilines is 1. The molecule has 0 spiro atoms. The molecule has 0 radical (unpaired) electrons. The van der Waals surface area contributed by atoms with Gasteiger partial charge in [-0.3, -0.25) is 9.78 Å². The maximum absolute atomic E-state index is 11.6. The van der Waals surface area contributed by atoms with E-state index in [2.05, 4.69) is 38.9 Å².